The van der Waals surface area contributed by atoms with E-state index in [0.717, 1.165) is 57.8 Å². The van der Waals surface area contributed by atoms with Gasteiger partial charge in [0.15, 0.2) is 0 Å². The fourth-order valence-electron chi connectivity index (χ4n) is 7.77. The minimum Gasteiger partial charge on any atom is -0.466 e. The summed E-state index contributed by atoms with van der Waals surface area (Å²) in [5, 5.41) is 23.2. The summed E-state index contributed by atoms with van der Waals surface area (Å²) in [7, 11) is 0. The van der Waals surface area contributed by atoms with Gasteiger partial charge in [0.2, 0.25) is 5.91 Å². The third-order valence-electron chi connectivity index (χ3n) is 11.8. The molecule has 0 aliphatic carbocycles. The summed E-state index contributed by atoms with van der Waals surface area (Å²) in [4.78, 5) is 24.4. The van der Waals surface area contributed by atoms with Gasteiger partial charge >= 0.3 is 5.97 Å². The first-order valence-electron chi connectivity index (χ1n) is 25.6. The van der Waals surface area contributed by atoms with E-state index in [0.29, 0.717) is 25.9 Å². The number of esters is 1. The van der Waals surface area contributed by atoms with E-state index >= 15 is 0 Å². The molecule has 3 N–H and O–H groups in total. The molecule has 0 aromatic carbocycles. The van der Waals surface area contributed by atoms with Gasteiger partial charge in [-0.2, -0.15) is 0 Å². The van der Waals surface area contributed by atoms with Crippen molar-refractivity contribution in [1.29, 1.82) is 0 Å². The van der Waals surface area contributed by atoms with E-state index in [4.69, 9.17) is 4.74 Å². The highest BCUT2D eigenvalue weighted by molar-refractivity contribution is 5.76. The zero-order chi connectivity index (χ0) is 42.3. The maximum absolute atomic E-state index is 12.4. The zero-order valence-electron chi connectivity index (χ0n) is 38.8. The number of unbranched alkanes of at least 4 members (excludes halogenated alkanes) is 32. The number of aliphatic hydroxyl groups is 2. The van der Waals surface area contributed by atoms with Gasteiger partial charge in [-0.15, -0.1) is 0 Å². The lowest BCUT2D eigenvalue weighted by molar-refractivity contribution is -0.143. The minimum atomic E-state index is -0.669. The Morgan fingerprint density at radius 2 is 0.879 bits per heavy atom. The standard InChI is InChI=1S/C52H99NO5/c1-3-5-7-9-11-13-15-17-22-26-30-34-38-42-46-52(57)58-47-43-39-35-31-27-23-20-18-19-21-25-29-33-37-41-45-51(56)53-49(48-54)50(55)44-40-36-32-28-24-16-14-12-10-8-6-4-2/h9,11,15,17,49-50,54-55H,3-8,10,12-14,16,18-48H2,1-2H3,(H,53,56)/b11-9-,17-15-. The highest BCUT2D eigenvalue weighted by atomic mass is 16.5. The molecule has 1 amide bonds. The van der Waals surface area contributed by atoms with E-state index in [-0.39, 0.29) is 18.5 Å². The highest BCUT2D eigenvalue weighted by Gasteiger charge is 2.20. The fraction of sp³-hybridized carbons (Fsp3) is 0.885. The Morgan fingerprint density at radius 1 is 0.483 bits per heavy atom. The molecule has 0 aromatic rings. The van der Waals surface area contributed by atoms with Gasteiger partial charge in [0.1, 0.15) is 0 Å². The van der Waals surface area contributed by atoms with Crippen LogP contribution in [-0.4, -0.2) is 47.4 Å². The monoisotopic (exact) mass is 818 g/mol. The average Bonchev–Trinajstić information content (AvgIpc) is 3.22. The molecule has 58 heavy (non-hydrogen) atoms. The summed E-state index contributed by atoms with van der Waals surface area (Å²) in [6, 6.07) is -0.547. The number of aliphatic hydroxyl groups excluding tert-OH is 2. The molecule has 6 heteroatoms. The van der Waals surface area contributed by atoms with Gasteiger partial charge in [0.25, 0.3) is 0 Å². The molecule has 0 heterocycles. The number of ether oxygens (including phenoxy) is 1. The number of nitrogens with one attached hydrogen (secondary N) is 1. The molecule has 6 nitrogen and oxygen atoms in total. The molecule has 0 fully saturated rings. The van der Waals surface area contributed by atoms with Gasteiger partial charge in [-0.05, 0) is 51.4 Å². The predicted octanol–water partition coefficient (Wildman–Crippen LogP) is 15.1. The molecule has 0 aliphatic rings. The first-order chi connectivity index (χ1) is 28.5. The van der Waals surface area contributed by atoms with Crippen LogP contribution >= 0.6 is 0 Å². The van der Waals surface area contributed by atoms with Gasteiger partial charge in [0, 0.05) is 12.8 Å². The predicted molar refractivity (Wildman–Crippen MR) is 250 cm³/mol. The summed E-state index contributed by atoms with van der Waals surface area (Å²) in [6.45, 7) is 4.88. The van der Waals surface area contributed by atoms with Crippen LogP contribution in [0.5, 0.6) is 0 Å². The third-order valence-corrected chi connectivity index (χ3v) is 11.8. The molecule has 0 aromatic heterocycles. The second kappa shape index (κ2) is 48.0. The molecule has 342 valence electrons. The molecule has 0 spiro atoms. The number of hydrogen-bond donors (Lipinski definition) is 3. The van der Waals surface area contributed by atoms with E-state index in [2.05, 4.69) is 43.5 Å². The molecule has 0 saturated carbocycles. The van der Waals surface area contributed by atoms with E-state index < -0.39 is 12.1 Å². The normalized spacial score (nSPS) is 12.8. The van der Waals surface area contributed by atoms with Crippen molar-refractivity contribution >= 4 is 11.9 Å². The molecule has 0 aliphatic heterocycles. The van der Waals surface area contributed by atoms with Gasteiger partial charge in [-0.3, -0.25) is 9.59 Å². The summed E-state index contributed by atoms with van der Waals surface area (Å²) < 4.78 is 5.45. The Hall–Kier alpha value is -1.66. The summed E-state index contributed by atoms with van der Waals surface area (Å²) >= 11 is 0. The van der Waals surface area contributed by atoms with Gasteiger partial charge in [-0.1, -0.05) is 231 Å². The van der Waals surface area contributed by atoms with Crippen molar-refractivity contribution in [3.05, 3.63) is 24.3 Å². The second-order valence-corrected chi connectivity index (χ2v) is 17.5. The Kier molecular flexibility index (Phi) is 46.6. The number of amides is 1. The molecule has 0 rings (SSSR count). The summed E-state index contributed by atoms with van der Waals surface area (Å²) in [5.41, 5.74) is 0. The van der Waals surface area contributed by atoms with Crippen LogP contribution in [0, 0.1) is 0 Å². The number of rotatable bonds is 47. The summed E-state index contributed by atoms with van der Waals surface area (Å²) in [5.74, 6) is -0.0590. The Morgan fingerprint density at radius 3 is 1.36 bits per heavy atom. The Bertz CT molecular complexity index is 904. The fourth-order valence-corrected chi connectivity index (χ4v) is 7.77. The van der Waals surface area contributed by atoms with Crippen LogP contribution in [0.4, 0.5) is 0 Å². The van der Waals surface area contributed by atoms with Crippen molar-refractivity contribution < 1.29 is 24.5 Å². The zero-order valence-corrected chi connectivity index (χ0v) is 38.8. The molecule has 2 unspecified atom stereocenters. The van der Waals surface area contributed by atoms with Crippen molar-refractivity contribution in [3.63, 3.8) is 0 Å². The van der Waals surface area contributed by atoms with Crippen molar-refractivity contribution in [2.45, 2.75) is 283 Å². The van der Waals surface area contributed by atoms with Crippen molar-refractivity contribution in [1.82, 2.24) is 5.32 Å². The molecular weight excluding hydrogens is 719 g/mol. The SMILES string of the molecule is CCCC/C=C\C/C=C\CCCCCCCC(=O)OCCCCCCCCCCCCCCCCCC(=O)NC(CO)C(O)CCCCCCCCCCCCCC. The van der Waals surface area contributed by atoms with E-state index in [1.165, 1.54) is 180 Å². The van der Waals surface area contributed by atoms with Crippen LogP contribution in [0.2, 0.25) is 0 Å². The smallest absolute Gasteiger partial charge is 0.305 e. The van der Waals surface area contributed by atoms with Crippen molar-refractivity contribution in [3.8, 4) is 0 Å². The topological polar surface area (TPSA) is 95.9 Å². The molecular formula is C52H99NO5. The molecule has 0 saturated heterocycles. The number of hydrogen-bond acceptors (Lipinski definition) is 5. The van der Waals surface area contributed by atoms with Crippen LogP contribution in [0.3, 0.4) is 0 Å². The van der Waals surface area contributed by atoms with Gasteiger partial charge in [0.05, 0.1) is 25.4 Å². The Balaban J connectivity index is 3.43. The maximum atomic E-state index is 12.4. The Labute approximate surface area is 361 Å². The number of allylic oxidation sites excluding steroid dienone is 4. The van der Waals surface area contributed by atoms with E-state index in [1.807, 2.05) is 0 Å². The van der Waals surface area contributed by atoms with Crippen LogP contribution in [0.15, 0.2) is 24.3 Å². The molecule has 0 radical (unpaired) electrons. The lowest BCUT2D eigenvalue weighted by atomic mass is 10.0. The van der Waals surface area contributed by atoms with Crippen LogP contribution in [-0.2, 0) is 14.3 Å². The van der Waals surface area contributed by atoms with E-state index in [9.17, 15) is 19.8 Å². The number of carbonyl (C=O) groups is 2. The van der Waals surface area contributed by atoms with Gasteiger partial charge in [-0.25, -0.2) is 0 Å². The first-order valence-corrected chi connectivity index (χ1v) is 25.6. The second-order valence-electron chi connectivity index (χ2n) is 17.5. The maximum Gasteiger partial charge on any atom is 0.305 e. The van der Waals surface area contributed by atoms with Crippen LogP contribution in [0.25, 0.3) is 0 Å². The summed E-state index contributed by atoms with van der Waals surface area (Å²) in [6.07, 6.45) is 55.7. The van der Waals surface area contributed by atoms with Crippen molar-refractivity contribution in [2.24, 2.45) is 0 Å². The van der Waals surface area contributed by atoms with Crippen LogP contribution in [0.1, 0.15) is 271 Å². The highest BCUT2D eigenvalue weighted by Crippen LogP contribution is 2.16. The quantitative estimate of drug-likeness (QED) is 0.0323. The molecule has 2 atom stereocenters. The first kappa shape index (κ1) is 56.3. The van der Waals surface area contributed by atoms with Crippen molar-refractivity contribution in [2.75, 3.05) is 13.2 Å². The van der Waals surface area contributed by atoms with Crippen LogP contribution < -0.4 is 5.32 Å². The third kappa shape index (κ3) is 43.9. The molecule has 0 bridgehead atoms. The minimum absolute atomic E-state index is 0.0142. The number of carbonyl (C=O) groups excluding carboxylic acids is 2. The van der Waals surface area contributed by atoms with Gasteiger partial charge < -0.3 is 20.3 Å². The van der Waals surface area contributed by atoms with E-state index in [1.54, 1.807) is 0 Å². The lowest BCUT2D eigenvalue weighted by Crippen LogP contribution is -2.45. The largest absolute Gasteiger partial charge is 0.466 e. The lowest BCUT2D eigenvalue weighted by Gasteiger charge is -2.22. The average molecular weight is 818 g/mol.